The molecule has 30 heavy (non-hydrogen) atoms. The minimum Gasteiger partial charge on any atom is -0.468 e. The Morgan fingerprint density at radius 2 is 2.30 bits per heavy atom. The fourth-order valence-electron chi connectivity index (χ4n) is 2.97. The Morgan fingerprint density at radius 3 is 2.97 bits per heavy atom. The Balaban J connectivity index is 1.68. The van der Waals surface area contributed by atoms with Gasteiger partial charge in [-0.25, -0.2) is 4.98 Å². The van der Waals surface area contributed by atoms with E-state index in [1.165, 1.54) is 7.11 Å². The number of methoxy groups -OCH3 is 1. The lowest BCUT2D eigenvalue weighted by molar-refractivity contribution is -0.142. The molecule has 0 amide bonds. The van der Waals surface area contributed by atoms with Gasteiger partial charge in [0.25, 0.3) is 0 Å². The van der Waals surface area contributed by atoms with E-state index in [4.69, 9.17) is 32.2 Å². The van der Waals surface area contributed by atoms with Crippen molar-refractivity contribution in [1.29, 1.82) is 5.41 Å². The number of carbonyl (C=O) groups excluding carboxylic acids is 1. The number of nitrogens with one attached hydrogen (secondary N) is 2. The van der Waals surface area contributed by atoms with E-state index >= 15 is 0 Å². The molecule has 1 saturated heterocycles. The van der Waals surface area contributed by atoms with Crippen LogP contribution in [0.25, 0.3) is 11.2 Å². The summed E-state index contributed by atoms with van der Waals surface area (Å²) < 4.78 is 17.9. The summed E-state index contributed by atoms with van der Waals surface area (Å²) in [6, 6.07) is -0.567. The molecule has 0 radical (unpaired) electrons. The van der Waals surface area contributed by atoms with Gasteiger partial charge < -0.3 is 25.5 Å². The number of carbonyl (C=O) groups is 1. The number of aromatic nitrogens is 4. The zero-order chi connectivity index (χ0) is 22.0. The summed E-state index contributed by atoms with van der Waals surface area (Å²) in [6.07, 6.45) is 0.895. The Hall–Kier alpha value is -2.31. The first kappa shape index (κ1) is 22.4. The van der Waals surface area contributed by atoms with Gasteiger partial charge in [0, 0.05) is 20.5 Å². The first-order chi connectivity index (χ1) is 14.2. The first-order valence-electron chi connectivity index (χ1n) is 9.05. The minimum absolute atomic E-state index is 0.111. The second-order valence-corrected chi connectivity index (χ2v) is 8.92. The van der Waals surface area contributed by atoms with E-state index in [9.17, 15) is 4.79 Å². The predicted octanol–water partition coefficient (Wildman–Crippen LogP) is 0.723. The first-order valence-corrected chi connectivity index (χ1v) is 11.3. The maximum Gasteiger partial charge on any atom is 0.440 e. The quantitative estimate of drug-likeness (QED) is 0.381. The number of nitrogen functional groups attached to an aromatic ring is 1. The van der Waals surface area contributed by atoms with Crippen LogP contribution in [0.5, 0.6) is 0 Å². The van der Waals surface area contributed by atoms with Crippen LogP contribution in [0, 0.1) is 5.41 Å². The van der Waals surface area contributed by atoms with Crippen LogP contribution in [0.4, 0.5) is 11.8 Å². The smallest absolute Gasteiger partial charge is 0.440 e. The van der Waals surface area contributed by atoms with Gasteiger partial charge in [-0.3, -0.25) is 9.36 Å². The molecule has 1 fully saturated rings. The molecule has 162 valence electrons. The molecule has 3 rings (SSSR count). The number of fused-ring (bicyclic) bond motifs is 1. The largest absolute Gasteiger partial charge is 0.468 e. The van der Waals surface area contributed by atoms with E-state index in [1.54, 1.807) is 22.7 Å². The van der Waals surface area contributed by atoms with Crippen molar-refractivity contribution >= 4 is 53.5 Å². The van der Waals surface area contributed by atoms with E-state index in [2.05, 4.69) is 24.8 Å². The highest BCUT2D eigenvalue weighted by molar-refractivity contribution is 8.02. The van der Waals surface area contributed by atoms with Gasteiger partial charge in [-0.05, 0) is 6.92 Å². The number of anilines is 2. The number of esters is 1. The zero-order valence-corrected chi connectivity index (χ0v) is 18.7. The van der Waals surface area contributed by atoms with Crippen LogP contribution in [0.1, 0.15) is 19.6 Å². The van der Waals surface area contributed by atoms with E-state index in [0.717, 1.165) is 0 Å². The van der Waals surface area contributed by atoms with Crippen molar-refractivity contribution in [2.24, 2.45) is 0 Å². The van der Waals surface area contributed by atoms with Gasteiger partial charge in [0.15, 0.2) is 23.2 Å². The Bertz CT molecular complexity index is 984. The molecule has 1 aliphatic rings. The van der Waals surface area contributed by atoms with Crippen LogP contribution in [0.2, 0.25) is 0 Å². The second kappa shape index (κ2) is 9.23. The summed E-state index contributed by atoms with van der Waals surface area (Å²) in [4.78, 5) is 26.1. The lowest BCUT2D eigenvalue weighted by atomic mass is 10.2. The molecule has 0 saturated carbocycles. The van der Waals surface area contributed by atoms with E-state index in [0.29, 0.717) is 29.1 Å². The number of ether oxygens (including phenoxy) is 2. The summed E-state index contributed by atoms with van der Waals surface area (Å²) in [5.74, 6) is 0.281. The summed E-state index contributed by atoms with van der Waals surface area (Å²) in [5, 5.41) is 11.2. The summed E-state index contributed by atoms with van der Waals surface area (Å²) in [5.41, 5.74) is 7.26. The fraction of sp³-hybridized carbons (Fsp3) is 0.562. The van der Waals surface area contributed by atoms with Crippen molar-refractivity contribution in [3.8, 4) is 0 Å². The molecule has 4 N–H and O–H groups in total. The Labute approximate surface area is 179 Å². The average molecular weight is 455 g/mol. The normalized spacial score (nSPS) is 20.4. The molecule has 3 heterocycles. The molecule has 0 spiro atoms. The van der Waals surface area contributed by atoms with Crippen LogP contribution >= 0.6 is 7.07 Å². The van der Waals surface area contributed by atoms with Crippen LogP contribution < -0.4 is 15.7 Å². The second-order valence-electron chi connectivity index (χ2n) is 6.89. The van der Waals surface area contributed by atoms with Gasteiger partial charge >= 0.3 is 13.0 Å². The number of nitrogens with zero attached hydrogens (tertiary/aromatic N) is 5. The third kappa shape index (κ3) is 4.71. The number of imidazole rings is 1. The van der Waals surface area contributed by atoms with Crippen LogP contribution in [0.15, 0.2) is 6.33 Å². The van der Waals surface area contributed by atoms with Crippen LogP contribution in [-0.4, -0.2) is 71.2 Å². The third-order valence-corrected chi connectivity index (χ3v) is 6.01. The molecule has 12 nitrogen and oxygen atoms in total. The summed E-state index contributed by atoms with van der Waals surface area (Å²) in [7, 11) is 3.51. The van der Waals surface area contributed by atoms with Crippen molar-refractivity contribution in [1.82, 2.24) is 24.6 Å². The predicted molar refractivity (Wildman–Crippen MR) is 115 cm³/mol. The summed E-state index contributed by atoms with van der Waals surface area (Å²) >= 11 is 5.23. The SMILES string of the molecule is COC(=O)[C@H](C)N[P+](=S)OC[C@@H]1CC(=N)[C@H](n2cnc3c(N(C)C)nc(N)nc32)O1. The Morgan fingerprint density at radius 1 is 1.57 bits per heavy atom. The van der Waals surface area contributed by atoms with Gasteiger partial charge in [-0.1, -0.05) is 5.09 Å². The molecule has 0 bridgehead atoms. The number of rotatable bonds is 8. The van der Waals surface area contributed by atoms with Crippen LogP contribution in [0.3, 0.4) is 0 Å². The third-order valence-electron chi connectivity index (χ3n) is 4.40. The average Bonchev–Trinajstić information content (AvgIpc) is 3.27. The fourth-order valence-corrected chi connectivity index (χ4v) is 4.42. The zero-order valence-electron chi connectivity index (χ0n) is 17.0. The molecule has 1 unspecified atom stereocenters. The van der Waals surface area contributed by atoms with Crippen molar-refractivity contribution in [2.45, 2.75) is 31.7 Å². The molecule has 2 aromatic heterocycles. The summed E-state index contributed by atoms with van der Waals surface area (Å²) in [6.45, 7) is 1.83. The molecule has 4 atom stereocenters. The molecular formula is C16H24N8O4PS+. The van der Waals surface area contributed by atoms with Gasteiger partial charge in [0.05, 0.1) is 25.3 Å². The van der Waals surface area contributed by atoms with E-state index in [-0.39, 0.29) is 18.7 Å². The molecule has 14 heteroatoms. The van der Waals surface area contributed by atoms with Crippen molar-refractivity contribution < 1.29 is 18.8 Å². The van der Waals surface area contributed by atoms with Crippen LogP contribution in [-0.2, 0) is 30.6 Å². The molecular weight excluding hydrogens is 431 g/mol. The molecule has 2 aromatic rings. The highest BCUT2D eigenvalue weighted by Crippen LogP contribution is 2.31. The van der Waals surface area contributed by atoms with Gasteiger partial charge in [-0.2, -0.15) is 9.97 Å². The number of hydrogen-bond donors (Lipinski definition) is 3. The van der Waals surface area contributed by atoms with Gasteiger partial charge in [-0.15, -0.1) is 4.52 Å². The monoisotopic (exact) mass is 455 g/mol. The minimum atomic E-state index is -1.47. The lowest BCUT2D eigenvalue weighted by Crippen LogP contribution is -2.30. The highest BCUT2D eigenvalue weighted by Gasteiger charge is 2.35. The molecule has 1 aliphatic heterocycles. The lowest BCUT2D eigenvalue weighted by Gasteiger charge is -2.15. The number of nitrogens with two attached hydrogens (primary N) is 1. The Kier molecular flexibility index (Phi) is 6.88. The number of hydrogen-bond acceptors (Lipinski definition) is 11. The van der Waals surface area contributed by atoms with Crippen molar-refractivity contribution in [3.05, 3.63) is 6.33 Å². The molecule has 0 aliphatic carbocycles. The van der Waals surface area contributed by atoms with E-state index < -0.39 is 25.3 Å². The van der Waals surface area contributed by atoms with Gasteiger partial charge in [0.1, 0.15) is 12.6 Å². The highest BCUT2D eigenvalue weighted by atomic mass is 32.4. The maximum absolute atomic E-state index is 11.5. The standard InChI is InChI=1S/C16H24N8O4PS/c1-8(15(25)26-4)22-29(30)27-6-9-5-10(17)14(28-9)24-7-19-11-12(23(2)3)20-16(18)21-13(11)24/h7-9,14,17H,5-6H2,1-4H3,(H,22,30)(H2,18,20,21)/q+1/t8-,9-,14+/m0/s1. The van der Waals surface area contributed by atoms with Gasteiger partial charge in [0.2, 0.25) is 17.8 Å². The topological polar surface area (TPSA) is 153 Å². The van der Waals surface area contributed by atoms with Crippen molar-refractivity contribution in [3.63, 3.8) is 0 Å². The molecule has 0 aromatic carbocycles. The van der Waals surface area contributed by atoms with E-state index in [1.807, 2.05) is 14.1 Å². The van der Waals surface area contributed by atoms with Crippen molar-refractivity contribution in [2.75, 3.05) is 38.4 Å². The maximum atomic E-state index is 11.5.